The zero-order valence-corrected chi connectivity index (χ0v) is 17.3. The summed E-state index contributed by atoms with van der Waals surface area (Å²) in [7, 11) is 0. The van der Waals surface area contributed by atoms with E-state index in [-0.39, 0.29) is 23.0 Å². The number of carboxylic acid groups (broad SMARTS) is 1. The number of aromatic hydroxyl groups is 1. The van der Waals surface area contributed by atoms with Gasteiger partial charge in [-0.3, -0.25) is 0 Å². The summed E-state index contributed by atoms with van der Waals surface area (Å²) in [4.78, 5) is 12.2. The van der Waals surface area contributed by atoms with Crippen LogP contribution in [0, 0.1) is 5.92 Å². The minimum absolute atomic E-state index is 0.0162. The Hall–Kier alpha value is -2.01. The van der Waals surface area contributed by atoms with E-state index in [1.165, 1.54) is 0 Å². The van der Waals surface area contributed by atoms with E-state index in [1.807, 2.05) is 13.8 Å². The van der Waals surface area contributed by atoms with Gasteiger partial charge in [0.05, 0.1) is 5.60 Å². The zero-order valence-electron chi connectivity index (χ0n) is 17.3. The fourth-order valence-corrected chi connectivity index (χ4v) is 5.46. The number of hydrogen-bond acceptors (Lipinski definition) is 4. The molecule has 3 rings (SSSR count). The Morgan fingerprint density at radius 3 is 2.61 bits per heavy atom. The van der Waals surface area contributed by atoms with Crippen LogP contribution < -0.4 is 4.74 Å². The van der Waals surface area contributed by atoms with Gasteiger partial charge in [-0.25, -0.2) is 4.79 Å². The van der Waals surface area contributed by atoms with Crippen molar-refractivity contribution >= 4 is 5.97 Å². The SMILES string of the molecule is C=C(C)[C@@H]1CC[C@](C)(O)[C@H]2Oc3c(C(=O)O)c(CCCCC)cc(O)c3[C@@]12C. The standard InChI is InChI=1S/C23H32O5/c1-6-7-8-9-14-12-16(24)18-19(17(14)20(25)26)28-21-22(4,27)11-10-15(13(2)3)23(18,21)5/h12,15,21,24,27H,2,6-11H2,1,3-5H3,(H,25,26)/t15-,21+,22-,23+/m0/s1. The van der Waals surface area contributed by atoms with Crippen molar-refractivity contribution in [2.45, 2.75) is 83.3 Å². The molecule has 1 aromatic carbocycles. The molecule has 1 aliphatic heterocycles. The minimum Gasteiger partial charge on any atom is -0.507 e. The first-order valence-corrected chi connectivity index (χ1v) is 10.2. The highest BCUT2D eigenvalue weighted by Gasteiger charge is 2.62. The Balaban J connectivity index is 2.22. The van der Waals surface area contributed by atoms with Crippen LogP contribution in [0.25, 0.3) is 0 Å². The molecule has 3 N–H and O–H groups in total. The van der Waals surface area contributed by atoms with Crippen molar-refractivity contribution in [3.05, 3.63) is 34.9 Å². The van der Waals surface area contributed by atoms with E-state index in [0.29, 0.717) is 30.4 Å². The number of unbranched alkanes of at least 4 members (excludes halogenated alkanes) is 2. The van der Waals surface area contributed by atoms with Gasteiger partial charge in [-0.2, -0.15) is 0 Å². The summed E-state index contributed by atoms with van der Waals surface area (Å²) in [6.07, 6.45) is 4.04. The Labute approximate surface area is 167 Å². The lowest BCUT2D eigenvalue weighted by Crippen LogP contribution is -2.59. The third-order valence-electron chi connectivity index (χ3n) is 6.75. The van der Waals surface area contributed by atoms with Gasteiger partial charge >= 0.3 is 5.97 Å². The summed E-state index contributed by atoms with van der Waals surface area (Å²) in [6, 6.07) is 1.59. The first-order chi connectivity index (χ1) is 13.1. The molecule has 4 atom stereocenters. The highest BCUT2D eigenvalue weighted by molar-refractivity contribution is 5.94. The summed E-state index contributed by atoms with van der Waals surface area (Å²) >= 11 is 0. The molecule has 1 aliphatic carbocycles. The van der Waals surface area contributed by atoms with Crippen molar-refractivity contribution in [2.75, 3.05) is 0 Å². The molecule has 1 heterocycles. The largest absolute Gasteiger partial charge is 0.507 e. The molecule has 1 fully saturated rings. The van der Waals surface area contributed by atoms with Gasteiger partial charge in [0.1, 0.15) is 23.2 Å². The maximum atomic E-state index is 12.2. The Morgan fingerprint density at radius 1 is 1.36 bits per heavy atom. The molecule has 5 heteroatoms. The second-order valence-electron chi connectivity index (χ2n) is 8.97. The summed E-state index contributed by atoms with van der Waals surface area (Å²) in [5, 5.41) is 32.0. The van der Waals surface area contributed by atoms with Crippen molar-refractivity contribution in [2.24, 2.45) is 5.92 Å². The fourth-order valence-electron chi connectivity index (χ4n) is 5.46. The highest BCUT2D eigenvalue weighted by atomic mass is 16.5. The Morgan fingerprint density at radius 2 is 2.04 bits per heavy atom. The first kappa shape index (κ1) is 20.7. The number of carboxylic acids is 1. The van der Waals surface area contributed by atoms with Crippen molar-refractivity contribution in [3.8, 4) is 11.5 Å². The average Bonchev–Trinajstić information content (AvgIpc) is 2.90. The number of aliphatic hydroxyl groups is 1. The number of rotatable bonds is 6. The van der Waals surface area contributed by atoms with Crippen LogP contribution in [-0.2, 0) is 11.8 Å². The molecule has 1 saturated carbocycles. The summed E-state index contributed by atoms with van der Waals surface area (Å²) in [5.74, 6) is -0.797. The summed E-state index contributed by atoms with van der Waals surface area (Å²) in [5.41, 5.74) is 0.301. The lowest BCUT2D eigenvalue weighted by molar-refractivity contribution is -0.108. The van der Waals surface area contributed by atoms with Crippen LogP contribution in [0.1, 0.15) is 81.3 Å². The van der Waals surface area contributed by atoms with E-state index < -0.39 is 23.1 Å². The monoisotopic (exact) mass is 388 g/mol. The van der Waals surface area contributed by atoms with E-state index in [4.69, 9.17) is 4.74 Å². The van der Waals surface area contributed by atoms with Gasteiger partial charge in [0, 0.05) is 11.0 Å². The number of aryl methyl sites for hydroxylation is 1. The Bertz CT molecular complexity index is 810. The predicted octanol–water partition coefficient (Wildman–Crippen LogP) is 4.58. The van der Waals surface area contributed by atoms with Crippen molar-refractivity contribution in [3.63, 3.8) is 0 Å². The third kappa shape index (κ3) is 3.00. The van der Waals surface area contributed by atoms with Crippen molar-refractivity contribution in [1.82, 2.24) is 0 Å². The van der Waals surface area contributed by atoms with Crippen molar-refractivity contribution in [1.29, 1.82) is 0 Å². The number of fused-ring (bicyclic) bond motifs is 3. The molecule has 0 amide bonds. The number of allylic oxidation sites excluding steroid dienone is 1. The van der Waals surface area contributed by atoms with Crippen LogP contribution >= 0.6 is 0 Å². The van der Waals surface area contributed by atoms with Crippen LogP contribution in [0.4, 0.5) is 0 Å². The Kier molecular flexibility index (Phi) is 5.26. The molecule has 0 radical (unpaired) electrons. The maximum Gasteiger partial charge on any atom is 0.339 e. The van der Waals surface area contributed by atoms with Gasteiger partial charge in [-0.15, -0.1) is 0 Å². The number of carbonyl (C=O) groups is 1. The lowest BCUT2D eigenvalue weighted by atomic mass is 9.57. The molecular weight excluding hydrogens is 356 g/mol. The van der Waals surface area contributed by atoms with Crippen LogP contribution in [0.2, 0.25) is 0 Å². The van der Waals surface area contributed by atoms with Gasteiger partial charge in [0.15, 0.2) is 0 Å². The second kappa shape index (κ2) is 7.11. The van der Waals surface area contributed by atoms with Gasteiger partial charge < -0.3 is 20.1 Å². The second-order valence-corrected chi connectivity index (χ2v) is 8.97. The van der Waals surface area contributed by atoms with Crippen LogP contribution in [0.3, 0.4) is 0 Å². The molecule has 0 bridgehead atoms. The number of benzene rings is 1. The van der Waals surface area contributed by atoms with Gasteiger partial charge in [0.2, 0.25) is 0 Å². The molecule has 28 heavy (non-hydrogen) atoms. The molecule has 0 aromatic heterocycles. The predicted molar refractivity (Wildman–Crippen MR) is 108 cm³/mol. The number of ether oxygens (including phenoxy) is 1. The molecule has 0 unspecified atom stereocenters. The molecule has 0 spiro atoms. The van der Waals surface area contributed by atoms with E-state index in [9.17, 15) is 20.1 Å². The van der Waals surface area contributed by atoms with E-state index >= 15 is 0 Å². The van der Waals surface area contributed by atoms with Gasteiger partial charge in [-0.05, 0) is 57.1 Å². The van der Waals surface area contributed by atoms with Crippen LogP contribution in [0.15, 0.2) is 18.2 Å². The minimum atomic E-state index is -1.12. The molecule has 2 aliphatic rings. The number of aromatic carboxylic acids is 1. The van der Waals surface area contributed by atoms with Crippen molar-refractivity contribution < 1.29 is 24.9 Å². The normalized spacial score (nSPS) is 31.0. The fraction of sp³-hybridized carbons (Fsp3) is 0.609. The number of phenolic OH excluding ortho intramolecular Hbond substituents is 1. The number of phenols is 1. The van der Waals surface area contributed by atoms with E-state index in [2.05, 4.69) is 13.5 Å². The molecule has 0 saturated heterocycles. The topological polar surface area (TPSA) is 87.0 Å². The molecule has 1 aromatic rings. The summed E-state index contributed by atoms with van der Waals surface area (Å²) in [6.45, 7) is 11.8. The van der Waals surface area contributed by atoms with Crippen LogP contribution in [-0.4, -0.2) is 33.0 Å². The third-order valence-corrected chi connectivity index (χ3v) is 6.75. The van der Waals surface area contributed by atoms with E-state index in [1.54, 1.807) is 13.0 Å². The molecule has 5 nitrogen and oxygen atoms in total. The average molecular weight is 389 g/mol. The quantitative estimate of drug-likeness (QED) is 0.490. The van der Waals surface area contributed by atoms with E-state index in [0.717, 1.165) is 24.8 Å². The van der Waals surface area contributed by atoms with Crippen LogP contribution in [0.5, 0.6) is 11.5 Å². The molecular formula is C23H32O5. The maximum absolute atomic E-state index is 12.2. The highest BCUT2D eigenvalue weighted by Crippen LogP contribution is 2.60. The number of hydrogen-bond donors (Lipinski definition) is 3. The smallest absolute Gasteiger partial charge is 0.339 e. The van der Waals surface area contributed by atoms with Gasteiger partial charge in [-0.1, -0.05) is 38.8 Å². The first-order valence-electron chi connectivity index (χ1n) is 10.2. The zero-order chi connectivity index (χ0) is 20.9. The molecule has 154 valence electrons. The lowest BCUT2D eigenvalue weighted by Gasteiger charge is -2.49. The summed E-state index contributed by atoms with van der Waals surface area (Å²) < 4.78 is 6.20. The van der Waals surface area contributed by atoms with Gasteiger partial charge in [0.25, 0.3) is 0 Å².